The Kier molecular flexibility index (Phi) is 24.8. The number of hydrogen-bond donors (Lipinski definition) is 7. The van der Waals surface area contributed by atoms with E-state index in [0.29, 0.717) is 50.9 Å². The zero-order valence-electron chi connectivity index (χ0n) is 43.3. The van der Waals surface area contributed by atoms with E-state index >= 15 is 0 Å². The Hall–Kier alpha value is -5.63. The third-order valence-electron chi connectivity index (χ3n) is 13.4. The summed E-state index contributed by atoms with van der Waals surface area (Å²) < 4.78 is 12.0. The number of likely N-dealkylation sites (tertiary alicyclic amines) is 1. The van der Waals surface area contributed by atoms with Crippen molar-refractivity contribution >= 4 is 47.2 Å². The second-order valence-corrected chi connectivity index (χ2v) is 18.9. The molecule has 2 aromatic carbocycles. The molecule has 0 aromatic heterocycles. The smallest absolute Gasteiger partial charge is 0.312 e. The number of nitrogens with one attached hydrogen (secondary N) is 6. The number of urea groups is 1. The van der Waals surface area contributed by atoms with Crippen LogP contribution in [-0.4, -0.2) is 161 Å². The van der Waals surface area contributed by atoms with E-state index in [1.165, 1.54) is 14.2 Å². The molecule has 19 nitrogen and oxygen atoms in total. The van der Waals surface area contributed by atoms with Gasteiger partial charge in [0.15, 0.2) is 0 Å². The SMILES string of the molecule is CCC(C)C(C(CC(=O)N1CCCC1C(OC)C(C)C(=O)NC(Cc1ccccc1)C(=O)NCc1ccc(NC(=O)C(CCCNC(N)=O)NC)cc1)OC)N(C)C(=O)CNC(=O)C(C(C)C)N(C)C. The van der Waals surface area contributed by atoms with E-state index in [-0.39, 0.29) is 61.4 Å². The predicted octanol–water partition coefficient (Wildman–Crippen LogP) is 2.63. The quantitative estimate of drug-likeness (QED) is 0.0585. The molecule has 8 amide bonds. The van der Waals surface area contributed by atoms with Crippen LogP contribution in [0.25, 0.3) is 0 Å². The first-order chi connectivity index (χ1) is 33.3. The monoisotopic (exact) mass is 979 g/mol. The lowest BCUT2D eigenvalue weighted by Gasteiger charge is -2.39. The second kappa shape index (κ2) is 29.5. The van der Waals surface area contributed by atoms with Gasteiger partial charge in [-0.25, -0.2) is 4.79 Å². The maximum atomic E-state index is 14.3. The molecular weight excluding hydrogens is 897 g/mol. The van der Waals surface area contributed by atoms with Gasteiger partial charge < -0.3 is 56.9 Å². The van der Waals surface area contributed by atoms with E-state index in [9.17, 15) is 33.6 Å². The fourth-order valence-electron chi connectivity index (χ4n) is 9.39. The normalized spacial score (nSPS) is 17.0. The summed E-state index contributed by atoms with van der Waals surface area (Å²) in [6.45, 7) is 10.4. The molecule has 19 heteroatoms. The lowest BCUT2D eigenvalue weighted by atomic mass is 9.90. The summed E-state index contributed by atoms with van der Waals surface area (Å²) in [6.07, 6.45) is 1.87. The van der Waals surface area contributed by atoms with Crippen molar-refractivity contribution in [2.24, 2.45) is 23.5 Å². The molecule has 1 aliphatic rings. The number of hydrogen-bond acceptors (Lipinski definition) is 11. The largest absolute Gasteiger partial charge is 0.379 e. The molecule has 8 N–H and O–H groups in total. The fourth-order valence-corrected chi connectivity index (χ4v) is 9.39. The van der Waals surface area contributed by atoms with Gasteiger partial charge in [-0.15, -0.1) is 0 Å². The maximum Gasteiger partial charge on any atom is 0.312 e. The molecule has 0 spiro atoms. The lowest BCUT2D eigenvalue weighted by molar-refractivity contribution is -0.146. The fraction of sp³-hybridized carbons (Fsp3) is 0.627. The molecule has 0 aliphatic carbocycles. The number of carbonyl (C=O) groups excluding carboxylic acids is 7. The molecule has 70 heavy (non-hydrogen) atoms. The van der Waals surface area contributed by atoms with Crippen LogP contribution in [-0.2, 0) is 51.2 Å². The van der Waals surface area contributed by atoms with Gasteiger partial charge in [-0.3, -0.25) is 33.7 Å². The first-order valence-corrected chi connectivity index (χ1v) is 24.5. The third-order valence-corrected chi connectivity index (χ3v) is 13.4. The number of anilines is 1. The molecule has 0 radical (unpaired) electrons. The van der Waals surface area contributed by atoms with Crippen LogP contribution in [0.4, 0.5) is 10.5 Å². The molecule has 0 bridgehead atoms. The van der Waals surface area contributed by atoms with Gasteiger partial charge in [0.1, 0.15) is 6.04 Å². The Bertz CT molecular complexity index is 1980. The highest BCUT2D eigenvalue weighted by molar-refractivity contribution is 5.95. The van der Waals surface area contributed by atoms with Crippen LogP contribution in [0, 0.1) is 17.8 Å². The summed E-state index contributed by atoms with van der Waals surface area (Å²) in [5.41, 5.74) is 7.31. The number of carbonyl (C=O) groups is 7. The minimum atomic E-state index is -0.941. The molecule has 9 atom stereocenters. The summed E-state index contributed by atoms with van der Waals surface area (Å²) in [7, 11) is 10.1. The number of amides is 8. The van der Waals surface area contributed by atoms with Crippen LogP contribution < -0.4 is 37.6 Å². The highest BCUT2D eigenvalue weighted by Gasteiger charge is 2.42. The van der Waals surface area contributed by atoms with E-state index in [1.54, 1.807) is 55.1 Å². The molecule has 9 unspecified atom stereocenters. The van der Waals surface area contributed by atoms with Crippen LogP contribution in [0.3, 0.4) is 0 Å². The number of likely N-dealkylation sites (N-methyl/N-ethyl adjacent to an activating group) is 3. The van der Waals surface area contributed by atoms with Gasteiger partial charge in [0.2, 0.25) is 35.4 Å². The van der Waals surface area contributed by atoms with Crippen LogP contribution in [0.15, 0.2) is 54.6 Å². The summed E-state index contributed by atoms with van der Waals surface area (Å²) in [6, 6.07) is 13.1. The number of primary amides is 1. The highest BCUT2D eigenvalue weighted by atomic mass is 16.5. The van der Waals surface area contributed by atoms with Crippen molar-refractivity contribution in [1.82, 2.24) is 41.3 Å². The van der Waals surface area contributed by atoms with Crippen LogP contribution in [0.1, 0.15) is 84.3 Å². The van der Waals surface area contributed by atoms with Crippen molar-refractivity contribution in [2.75, 3.05) is 67.4 Å². The van der Waals surface area contributed by atoms with Crippen molar-refractivity contribution in [3.63, 3.8) is 0 Å². The van der Waals surface area contributed by atoms with E-state index < -0.39 is 66.2 Å². The number of ether oxygens (including phenoxy) is 2. The van der Waals surface area contributed by atoms with Crippen LogP contribution in [0.5, 0.6) is 0 Å². The average Bonchev–Trinajstić information content (AvgIpc) is 3.82. The topological polar surface area (TPSA) is 246 Å². The lowest BCUT2D eigenvalue weighted by Crippen LogP contribution is -2.55. The molecule has 1 aliphatic heterocycles. The van der Waals surface area contributed by atoms with Gasteiger partial charge in [0, 0.05) is 53.0 Å². The molecule has 390 valence electrons. The second-order valence-electron chi connectivity index (χ2n) is 18.9. The average molecular weight is 979 g/mol. The summed E-state index contributed by atoms with van der Waals surface area (Å²) in [4.78, 5) is 98.1. The minimum Gasteiger partial charge on any atom is -0.379 e. The van der Waals surface area contributed by atoms with Gasteiger partial charge in [-0.2, -0.15) is 0 Å². The third kappa shape index (κ3) is 17.6. The number of benzene rings is 2. The molecular formula is C51H82N10O9. The molecule has 0 saturated carbocycles. The standard InChI is InChI=1S/C51H82N10O9/c1-12-33(4)45(60(9)43(63)31-56-50(67)44(32(2)3)59(7)8)41(69-10)29-42(62)61-27-17-21-40(61)46(70-11)34(5)47(64)58-39(28-35-18-14-13-15-19-35)48(65)55-30-36-22-24-37(25-23-36)57-49(66)38(53-6)20-16-26-54-51(52)68/h13-15,18-19,22-25,32-34,38-41,44-46,53H,12,16-17,20-21,26-31H2,1-11H3,(H,55,65)(H,56,67)(H,57,66)(H,58,64)(H3,52,54,68). The number of nitrogens with zero attached hydrogens (tertiary/aromatic N) is 3. The van der Waals surface area contributed by atoms with Gasteiger partial charge in [-0.05, 0) is 81.9 Å². The molecule has 1 fully saturated rings. The minimum absolute atomic E-state index is 0.0224. The first-order valence-electron chi connectivity index (χ1n) is 24.5. The Morgan fingerprint density at radius 2 is 1.49 bits per heavy atom. The van der Waals surface area contributed by atoms with Crippen molar-refractivity contribution in [3.05, 3.63) is 65.7 Å². The zero-order chi connectivity index (χ0) is 52.1. The van der Waals surface area contributed by atoms with Crippen molar-refractivity contribution in [3.8, 4) is 0 Å². The van der Waals surface area contributed by atoms with Gasteiger partial charge in [-0.1, -0.05) is 83.5 Å². The number of nitrogens with two attached hydrogens (primary N) is 1. The van der Waals surface area contributed by atoms with Crippen molar-refractivity contribution in [2.45, 2.75) is 129 Å². The van der Waals surface area contributed by atoms with Crippen molar-refractivity contribution in [1.29, 1.82) is 0 Å². The molecule has 1 saturated heterocycles. The van der Waals surface area contributed by atoms with E-state index in [1.807, 2.05) is 77.0 Å². The number of rotatable bonds is 29. The predicted molar refractivity (Wildman–Crippen MR) is 270 cm³/mol. The highest BCUT2D eigenvalue weighted by Crippen LogP contribution is 2.29. The van der Waals surface area contributed by atoms with Gasteiger partial charge in [0.05, 0.1) is 55.3 Å². The summed E-state index contributed by atoms with van der Waals surface area (Å²) >= 11 is 0. The van der Waals surface area contributed by atoms with E-state index in [4.69, 9.17) is 15.2 Å². The van der Waals surface area contributed by atoms with E-state index in [0.717, 1.165) is 11.1 Å². The summed E-state index contributed by atoms with van der Waals surface area (Å²) in [5.74, 6) is -2.53. The zero-order valence-corrected chi connectivity index (χ0v) is 43.3. The Morgan fingerprint density at radius 3 is 2.06 bits per heavy atom. The van der Waals surface area contributed by atoms with Crippen molar-refractivity contribution < 1.29 is 43.0 Å². The number of methoxy groups -OCH3 is 2. The molecule has 3 rings (SSSR count). The Labute approximate surface area is 415 Å². The maximum absolute atomic E-state index is 14.3. The van der Waals surface area contributed by atoms with Gasteiger partial charge >= 0.3 is 6.03 Å². The Morgan fingerprint density at radius 1 is 0.814 bits per heavy atom. The molecule has 1 heterocycles. The van der Waals surface area contributed by atoms with Crippen LogP contribution in [0.2, 0.25) is 0 Å². The van der Waals surface area contributed by atoms with E-state index in [2.05, 4.69) is 31.9 Å². The Balaban J connectivity index is 1.70. The molecule has 2 aromatic rings. The van der Waals surface area contributed by atoms with Gasteiger partial charge in [0.25, 0.3) is 0 Å². The van der Waals surface area contributed by atoms with Crippen LogP contribution >= 0.6 is 0 Å². The first kappa shape index (κ1) is 58.7. The summed E-state index contributed by atoms with van der Waals surface area (Å²) in [5, 5.41) is 17.1.